The van der Waals surface area contributed by atoms with E-state index < -0.39 is 0 Å². The van der Waals surface area contributed by atoms with Gasteiger partial charge in [-0.25, -0.2) is 0 Å². The largest absolute Gasteiger partial charge is 0.326 e. The molecule has 0 unspecified atom stereocenters. The van der Waals surface area contributed by atoms with E-state index in [9.17, 15) is 0 Å². The highest BCUT2D eigenvalue weighted by molar-refractivity contribution is 9.10. The Bertz CT molecular complexity index is 2080. The van der Waals surface area contributed by atoms with Crippen LogP contribution in [0.2, 0.25) is 0 Å². The lowest BCUT2D eigenvalue weighted by Gasteiger charge is -2.40. The average molecular weight is 767 g/mol. The quantitative estimate of drug-likeness (QED) is 0.113. The SMILES string of the molecule is CCCCC1(CCCC)c2cc(Br)ccc2-c2ccc3c(c21)C(CCCC)(CCCC)c1cc(-c2cc(C)c(-c4ccc(CN)cc4)cc2C)ccc1-3. The third-order valence-electron chi connectivity index (χ3n) is 13.0. The summed E-state index contributed by atoms with van der Waals surface area (Å²) in [5, 5.41) is 0. The summed E-state index contributed by atoms with van der Waals surface area (Å²) in [5.41, 5.74) is 27.5. The van der Waals surface area contributed by atoms with Crippen LogP contribution in [0.1, 0.15) is 144 Å². The summed E-state index contributed by atoms with van der Waals surface area (Å²) in [6.45, 7) is 14.7. The molecule has 0 amide bonds. The van der Waals surface area contributed by atoms with Crippen molar-refractivity contribution in [3.63, 3.8) is 0 Å². The zero-order valence-corrected chi connectivity index (χ0v) is 34.8. The zero-order chi connectivity index (χ0) is 37.3. The second-order valence-electron chi connectivity index (χ2n) is 16.3. The van der Waals surface area contributed by atoms with E-state index in [-0.39, 0.29) is 10.8 Å². The molecule has 0 atom stereocenters. The summed E-state index contributed by atoms with van der Waals surface area (Å²) in [7, 11) is 0. The van der Waals surface area contributed by atoms with Crippen molar-refractivity contribution in [3.8, 4) is 44.5 Å². The van der Waals surface area contributed by atoms with Crippen LogP contribution in [0.4, 0.5) is 0 Å². The first-order valence-corrected chi connectivity index (χ1v) is 21.6. The Kier molecular flexibility index (Phi) is 11.2. The predicted octanol–water partition coefficient (Wildman–Crippen LogP) is 15.2. The van der Waals surface area contributed by atoms with Gasteiger partial charge in [0, 0.05) is 21.8 Å². The lowest BCUT2D eigenvalue weighted by atomic mass is 9.63. The lowest BCUT2D eigenvalue weighted by Crippen LogP contribution is -2.33. The molecule has 1 nitrogen and oxygen atoms in total. The van der Waals surface area contributed by atoms with Gasteiger partial charge in [0.25, 0.3) is 0 Å². The van der Waals surface area contributed by atoms with Gasteiger partial charge in [-0.3, -0.25) is 0 Å². The van der Waals surface area contributed by atoms with Crippen molar-refractivity contribution < 1.29 is 0 Å². The van der Waals surface area contributed by atoms with Crippen molar-refractivity contribution in [2.75, 3.05) is 0 Å². The first-order chi connectivity index (χ1) is 25.8. The van der Waals surface area contributed by atoms with Gasteiger partial charge in [-0.05, 0) is 141 Å². The monoisotopic (exact) mass is 765 g/mol. The molecule has 5 aromatic rings. The van der Waals surface area contributed by atoms with E-state index in [0.29, 0.717) is 6.54 Å². The molecule has 0 spiro atoms. The number of hydrogen-bond acceptors (Lipinski definition) is 1. The molecular weight excluding hydrogens is 706 g/mol. The first kappa shape index (κ1) is 37.8. The minimum absolute atomic E-state index is 0.00533. The van der Waals surface area contributed by atoms with Crippen molar-refractivity contribution in [1.82, 2.24) is 0 Å². The van der Waals surface area contributed by atoms with Gasteiger partial charge in [-0.15, -0.1) is 0 Å². The van der Waals surface area contributed by atoms with Crippen LogP contribution >= 0.6 is 15.9 Å². The van der Waals surface area contributed by atoms with Crippen LogP contribution in [0.3, 0.4) is 0 Å². The highest BCUT2D eigenvalue weighted by atomic mass is 79.9. The van der Waals surface area contributed by atoms with Crippen LogP contribution in [0.25, 0.3) is 44.5 Å². The maximum absolute atomic E-state index is 5.92. The Labute approximate surface area is 329 Å². The van der Waals surface area contributed by atoms with E-state index in [1.165, 1.54) is 143 Å². The van der Waals surface area contributed by atoms with Gasteiger partial charge >= 0.3 is 0 Å². The molecule has 0 radical (unpaired) electrons. The average Bonchev–Trinajstić information content (AvgIpc) is 3.61. The van der Waals surface area contributed by atoms with Gasteiger partial charge in [-0.1, -0.05) is 162 Å². The number of hydrogen-bond donors (Lipinski definition) is 1. The maximum atomic E-state index is 5.92. The Morgan fingerprint density at radius 2 is 0.887 bits per heavy atom. The molecule has 2 heteroatoms. The third kappa shape index (κ3) is 6.46. The van der Waals surface area contributed by atoms with Gasteiger partial charge in [-0.2, -0.15) is 0 Å². The molecule has 0 fully saturated rings. The van der Waals surface area contributed by atoms with Crippen LogP contribution in [-0.4, -0.2) is 0 Å². The Morgan fingerprint density at radius 1 is 0.472 bits per heavy atom. The van der Waals surface area contributed by atoms with Crippen molar-refractivity contribution >= 4 is 15.9 Å². The van der Waals surface area contributed by atoms with E-state index >= 15 is 0 Å². The van der Waals surface area contributed by atoms with Gasteiger partial charge < -0.3 is 5.73 Å². The van der Waals surface area contributed by atoms with Crippen molar-refractivity contribution in [3.05, 3.63) is 128 Å². The molecule has 2 aliphatic rings. The minimum Gasteiger partial charge on any atom is -0.326 e. The molecule has 0 heterocycles. The number of rotatable bonds is 15. The van der Waals surface area contributed by atoms with Crippen molar-refractivity contribution in [1.29, 1.82) is 0 Å². The number of unbranched alkanes of at least 4 members (excludes halogenated alkanes) is 4. The fraction of sp³-hybridized carbons (Fsp3) is 0.412. The van der Waals surface area contributed by atoms with E-state index in [1.54, 1.807) is 22.3 Å². The Balaban J connectivity index is 1.46. The van der Waals surface area contributed by atoms with E-state index in [1.807, 2.05) is 0 Å². The Morgan fingerprint density at radius 3 is 1.36 bits per heavy atom. The molecule has 0 saturated heterocycles. The molecular formula is C51H60BrN. The summed E-state index contributed by atoms with van der Waals surface area (Å²) >= 11 is 3.93. The number of benzene rings is 5. The highest BCUT2D eigenvalue weighted by Crippen LogP contribution is 2.64. The molecule has 2 N–H and O–H groups in total. The molecule has 276 valence electrons. The maximum Gasteiger partial charge on any atom is 0.0218 e. The predicted molar refractivity (Wildman–Crippen MR) is 233 cm³/mol. The number of nitrogens with two attached hydrogens (primary N) is 1. The standard InChI is InChI=1S/C51H60BrN/c1-7-11-25-50(26-12-8-2)46-31-38(45-30-34(5)44(29-35(45)6)37-17-15-36(33-53)16-18-37)19-21-40(46)42-23-24-43-41-22-20-39(52)32-47(41)51(27-13-9-3,28-14-10-4)49(43)48(42)50/h15-24,29-32H,7-14,25-28,33,53H2,1-6H3. The van der Waals surface area contributed by atoms with Crippen LogP contribution in [0.5, 0.6) is 0 Å². The van der Waals surface area contributed by atoms with Crippen molar-refractivity contribution in [2.45, 2.75) is 136 Å². The summed E-state index contributed by atoms with van der Waals surface area (Å²) in [4.78, 5) is 0. The molecule has 0 saturated carbocycles. The molecule has 0 aromatic heterocycles. The summed E-state index contributed by atoms with van der Waals surface area (Å²) < 4.78 is 1.21. The first-order valence-electron chi connectivity index (χ1n) is 20.8. The minimum atomic E-state index is -0.00533. The van der Waals surface area contributed by atoms with Crippen LogP contribution in [0.15, 0.2) is 89.4 Å². The van der Waals surface area contributed by atoms with Gasteiger partial charge in [0.1, 0.15) is 0 Å². The fourth-order valence-corrected chi connectivity index (χ4v) is 10.6. The normalized spacial score (nSPS) is 14.6. The van der Waals surface area contributed by atoms with Crippen LogP contribution in [-0.2, 0) is 17.4 Å². The van der Waals surface area contributed by atoms with E-state index in [2.05, 4.69) is 142 Å². The van der Waals surface area contributed by atoms with Crippen LogP contribution < -0.4 is 5.73 Å². The second-order valence-corrected chi connectivity index (χ2v) is 17.2. The second kappa shape index (κ2) is 15.7. The topological polar surface area (TPSA) is 26.0 Å². The molecule has 7 rings (SSSR count). The highest BCUT2D eigenvalue weighted by Gasteiger charge is 2.51. The third-order valence-corrected chi connectivity index (χ3v) is 13.5. The van der Waals surface area contributed by atoms with E-state index in [4.69, 9.17) is 5.73 Å². The smallest absolute Gasteiger partial charge is 0.0218 e. The summed E-state index contributed by atoms with van der Waals surface area (Å²) in [6.07, 6.45) is 14.7. The number of fused-ring (bicyclic) bond motifs is 7. The zero-order valence-electron chi connectivity index (χ0n) is 33.2. The lowest BCUT2D eigenvalue weighted by molar-refractivity contribution is 0.381. The van der Waals surface area contributed by atoms with Crippen LogP contribution in [0, 0.1) is 13.8 Å². The van der Waals surface area contributed by atoms with E-state index in [0.717, 1.165) is 0 Å². The molecule has 0 bridgehead atoms. The van der Waals surface area contributed by atoms with Gasteiger partial charge in [0.15, 0.2) is 0 Å². The van der Waals surface area contributed by atoms with Crippen molar-refractivity contribution in [2.24, 2.45) is 5.73 Å². The number of aryl methyl sites for hydroxylation is 2. The molecule has 2 aliphatic carbocycles. The Hall–Kier alpha value is -3.46. The van der Waals surface area contributed by atoms with Gasteiger partial charge in [0.05, 0.1) is 0 Å². The fourth-order valence-electron chi connectivity index (χ4n) is 10.3. The molecule has 5 aromatic carbocycles. The summed E-state index contributed by atoms with van der Waals surface area (Å²) in [5.74, 6) is 0. The molecule has 53 heavy (non-hydrogen) atoms. The van der Waals surface area contributed by atoms with Gasteiger partial charge in [0.2, 0.25) is 0 Å². The summed E-state index contributed by atoms with van der Waals surface area (Å²) in [6, 6.07) is 33.4. The molecule has 0 aliphatic heterocycles. The number of halogens is 1.